The highest BCUT2D eigenvalue weighted by Gasteiger charge is 2.35. The molecule has 160 valence electrons. The monoisotopic (exact) mass is 445 g/mol. The molecule has 3 heterocycles. The van der Waals surface area contributed by atoms with Crippen LogP contribution in [0.2, 0.25) is 5.28 Å². The number of amides is 1. The zero-order valence-electron chi connectivity index (χ0n) is 16.8. The Bertz CT molecular complexity index is 1190. The lowest BCUT2D eigenvalue weighted by Gasteiger charge is -2.30. The second-order valence-corrected chi connectivity index (χ2v) is 10.4. The normalized spacial score (nSPS) is 18.6. The van der Waals surface area contributed by atoms with E-state index in [-0.39, 0.29) is 46.3 Å². The molecular formula is C17H24ClN5O5S. The highest BCUT2D eigenvalue weighted by Crippen LogP contribution is 2.21. The summed E-state index contributed by atoms with van der Waals surface area (Å²) in [5.41, 5.74) is -1.01. The maximum atomic E-state index is 13.1. The lowest BCUT2D eigenvalue weighted by Crippen LogP contribution is -2.45. The van der Waals surface area contributed by atoms with Crippen molar-refractivity contribution < 1.29 is 13.2 Å². The fraction of sp³-hybridized carbons (Fsp3) is 0.647. The molecule has 12 heteroatoms. The zero-order valence-corrected chi connectivity index (χ0v) is 18.3. The van der Waals surface area contributed by atoms with E-state index < -0.39 is 27.1 Å². The van der Waals surface area contributed by atoms with Crippen LogP contribution in [0, 0.1) is 5.92 Å². The van der Waals surface area contributed by atoms with Crippen molar-refractivity contribution in [1.29, 1.82) is 0 Å². The van der Waals surface area contributed by atoms with Crippen LogP contribution in [-0.2, 0) is 35.3 Å². The summed E-state index contributed by atoms with van der Waals surface area (Å²) in [7, 11) is -0.363. The van der Waals surface area contributed by atoms with Gasteiger partial charge in [0.2, 0.25) is 11.2 Å². The molecule has 0 spiro atoms. The molecule has 10 nitrogen and oxygen atoms in total. The molecule has 0 saturated carbocycles. The summed E-state index contributed by atoms with van der Waals surface area (Å²) in [6.07, 6.45) is 0.384. The first kappa shape index (κ1) is 21.6. The maximum Gasteiger partial charge on any atom is 0.332 e. The van der Waals surface area contributed by atoms with Crippen molar-refractivity contribution in [3.63, 3.8) is 0 Å². The van der Waals surface area contributed by atoms with Crippen molar-refractivity contribution in [3.8, 4) is 0 Å². The van der Waals surface area contributed by atoms with Gasteiger partial charge in [0.15, 0.2) is 21.0 Å². The smallest absolute Gasteiger partial charge is 0.332 e. The van der Waals surface area contributed by atoms with Crippen LogP contribution in [0.5, 0.6) is 0 Å². The second-order valence-electron chi connectivity index (χ2n) is 7.84. The highest BCUT2D eigenvalue weighted by atomic mass is 35.5. The molecule has 0 aliphatic carbocycles. The first-order valence-corrected chi connectivity index (χ1v) is 11.4. The molecule has 2 aromatic rings. The van der Waals surface area contributed by atoms with Crippen LogP contribution < -0.4 is 11.2 Å². The maximum absolute atomic E-state index is 13.1. The number of imidazole rings is 1. The number of aryl methyl sites for hydroxylation is 1. The Morgan fingerprint density at radius 3 is 2.48 bits per heavy atom. The van der Waals surface area contributed by atoms with Gasteiger partial charge in [0.25, 0.3) is 5.56 Å². The second kappa shape index (κ2) is 7.60. The fourth-order valence-electron chi connectivity index (χ4n) is 3.66. The van der Waals surface area contributed by atoms with E-state index in [4.69, 9.17) is 11.6 Å². The zero-order chi connectivity index (χ0) is 21.7. The Hall–Kier alpha value is -2.14. The molecule has 1 saturated heterocycles. The summed E-state index contributed by atoms with van der Waals surface area (Å²) >= 11 is 6.20. The Morgan fingerprint density at radius 1 is 1.28 bits per heavy atom. The Kier molecular flexibility index (Phi) is 5.65. The molecule has 1 atom stereocenters. The van der Waals surface area contributed by atoms with Gasteiger partial charge in [-0.2, -0.15) is 4.98 Å². The SMILES string of the molecule is CC(C)CN(C(=O)Cn1c(Cl)nc2c1c(=O)n(C)c(=O)n2C)[C@H]1CCS(=O)(=O)C1. The van der Waals surface area contributed by atoms with Crippen molar-refractivity contribution in [3.05, 3.63) is 26.1 Å². The van der Waals surface area contributed by atoms with E-state index in [9.17, 15) is 22.8 Å². The largest absolute Gasteiger partial charge is 0.337 e. The number of hydrogen-bond donors (Lipinski definition) is 0. The van der Waals surface area contributed by atoms with Crippen molar-refractivity contribution in [2.24, 2.45) is 20.0 Å². The van der Waals surface area contributed by atoms with E-state index in [1.165, 1.54) is 23.2 Å². The molecule has 1 amide bonds. The summed E-state index contributed by atoms with van der Waals surface area (Å²) in [6, 6.07) is -0.407. The van der Waals surface area contributed by atoms with Gasteiger partial charge < -0.3 is 4.90 Å². The molecule has 1 aliphatic rings. The number of hydrogen-bond acceptors (Lipinski definition) is 6. The van der Waals surface area contributed by atoms with Crippen molar-refractivity contribution in [1.82, 2.24) is 23.6 Å². The van der Waals surface area contributed by atoms with Crippen molar-refractivity contribution in [2.75, 3.05) is 18.1 Å². The molecule has 0 N–H and O–H groups in total. The van der Waals surface area contributed by atoms with E-state index in [1.54, 1.807) is 4.90 Å². The molecule has 0 aromatic carbocycles. The fourth-order valence-corrected chi connectivity index (χ4v) is 5.61. The van der Waals surface area contributed by atoms with E-state index in [2.05, 4.69) is 4.98 Å². The predicted molar refractivity (Wildman–Crippen MR) is 109 cm³/mol. The Balaban J connectivity index is 2.02. The van der Waals surface area contributed by atoms with Crippen LogP contribution in [0.25, 0.3) is 11.2 Å². The van der Waals surface area contributed by atoms with Crippen LogP contribution >= 0.6 is 11.6 Å². The Labute approximate surface area is 172 Å². The van der Waals surface area contributed by atoms with Crippen LogP contribution in [0.1, 0.15) is 20.3 Å². The van der Waals surface area contributed by atoms with E-state index in [0.29, 0.717) is 13.0 Å². The molecule has 3 rings (SSSR count). The average Bonchev–Trinajstić information content (AvgIpc) is 3.15. The van der Waals surface area contributed by atoms with Crippen LogP contribution in [0.3, 0.4) is 0 Å². The van der Waals surface area contributed by atoms with Crippen molar-refractivity contribution in [2.45, 2.75) is 32.9 Å². The number of fused-ring (bicyclic) bond motifs is 1. The molecule has 0 radical (unpaired) electrons. The number of halogens is 1. The van der Waals surface area contributed by atoms with Crippen LogP contribution in [0.15, 0.2) is 9.59 Å². The molecule has 1 aliphatic heterocycles. The van der Waals surface area contributed by atoms with Gasteiger partial charge in [0.05, 0.1) is 11.5 Å². The first-order chi connectivity index (χ1) is 13.4. The number of rotatable bonds is 5. The third kappa shape index (κ3) is 3.97. The summed E-state index contributed by atoms with van der Waals surface area (Å²) < 4.78 is 27.2. The molecule has 2 aromatic heterocycles. The minimum atomic E-state index is -3.17. The summed E-state index contributed by atoms with van der Waals surface area (Å²) in [5.74, 6) is -0.235. The van der Waals surface area contributed by atoms with Gasteiger partial charge in [0, 0.05) is 26.7 Å². The number of carbonyl (C=O) groups excluding carboxylic acids is 1. The number of carbonyl (C=O) groups is 1. The number of aromatic nitrogens is 4. The summed E-state index contributed by atoms with van der Waals surface area (Å²) in [5, 5.41) is -0.0878. The van der Waals surface area contributed by atoms with Gasteiger partial charge in [-0.1, -0.05) is 13.8 Å². The van der Waals surface area contributed by atoms with Gasteiger partial charge in [-0.25, -0.2) is 13.2 Å². The summed E-state index contributed by atoms with van der Waals surface area (Å²) in [6.45, 7) is 4.00. The minimum absolute atomic E-state index is 0.0523. The van der Waals surface area contributed by atoms with Gasteiger partial charge >= 0.3 is 5.69 Å². The molecular weight excluding hydrogens is 422 g/mol. The number of sulfone groups is 1. The lowest BCUT2D eigenvalue weighted by molar-refractivity contribution is -0.134. The lowest BCUT2D eigenvalue weighted by atomic mass is 10.1. The molecule has 0 bridgehead atoms. The van der Waals surface area contributed by atoms with Gasteiger partial charge in [-0.05, 0) is 23.9 Å². The third-order valence-electron chi connectivity index (χ3n) is 5.13. The van der Waals surface area contributed by atoms with E-state index in [0.717, 1.165) is 4.57 Å². The quantitative estimate of drug-likeness (QED) is 0.586. The van der Waals surface area contributed by atoms with E-state index >= 15 is 0 Å². The Morgan fingerprint density at radius 2 is 1.93 bits per heavy atom. The van der Waals surface area contributed by atoms with Crippen LogP contribution in [-0.4, -0.2) is 62.0 Å². The van der Waals surface area contributed by atoms with Gasteiger partial charge in [-0.3, -0.25) is 23.3 Å². The number of nitrogens with zero attached hydrogens (tertiary/aromatic N) is 5. The molecule has 29 heavy (non-hydrogen) atoms. The van der Waals surface area contributed by atoms with Crippen LogP contribution in [0.4, 0.5) is 0 Å². The predicted octanol–water partition coefficient (Wildman–Crippen LogP) is -0.241. The first-order valence-electron chi connectivity index (χ1n) is 9.24. The standard InChI is InChI=1S/C17H24ClN5O5S/c1-10(2)7-22(11-5-6-29(27,28)9-11)12(24)8-23-13-14(19-16(23)18)20(3)17(26)21(4)15(13)25/h10-11H,5-9H2,1-4H3/t11-/m0/s1. The average molecular weight is 446 g/mol. The highest BCUT2D eigenvalue weighted by molar-refractivity contribution is 7.91. The third-order valence-corrected chi connectivity index (χ3v) is 7.17. The summed E-state index contributed by atoms with van der Waals surface area (Å²) in [4.78, 5) is 43.5. The molecule has 0 unspecified atom stereocenters. The minimum Gasteiger partial charge on any atom is -0.337 e. The van der Waals surface area contributed by atoms with E-state index in [1.807, 2.05) is 13.8 Å². The van der Waals surface area contributed by atoms with Gasteiger partial charge in [-0.15, -0.1) is 0 Å². The molecule has 1 fully saturated rings. The van der Waals surface area contributed by atoms with Gasteiger partial charge in [0.1, 0.15) is 6.54 Å². The topological polar surface area (TPSA) is 116 Å². The van der Waals surface area contributed by atoms with Crippen molar-refractivity contribution >= 4 is 38.5 Å².